The van der Waals surface area contributed by atoms with E-state index in [2.05, 4.69) is 10.3 Å². The van der Waals surface area contributed by atoms with Gasteiger partial charge in [-0.1, -0.05) is 25.1 Å². The Morgan fingerprint density at radius 2 is 2.10 bits per heavy atom. The van der Waals surface area contributed by atoms with Gasteiger partial charge in [0.25, 0.3) is 0 Å². The molecule has 5 nitrogen and oxygen atoms in total. The van der Waals surface area contributed by atoms with Gasteiger partial charge in [-0.05, 0) is 30.7 Å². The number of H-pyrrole nitrogens is 1. The van der Waals surface area contributed by atoms with Crippen molar-refractivity contribution in [3.63, 3.8) is 0 Å². The lowest BCUT2D eigenvalue weighted by atomic mass is 10.0. The average molecular weight is 284 g/mol. The number of aromatic amines is 1. The number of aromatic hydroxyl groups is 1. The first-order valence-electron chi connectivity index (χ1n) is 6.84. The Balaban J connectivity index is 1.92. The number of rotatable bonds is 4. The van der Waals surface area contributed by atoms with Crippen molar-refractivity contribution < 1.29 is 9.52 Å². The fraction of sp³-hybridized carbons (Fsp3) is 0.188. The third kappa shape index (κ3) is 2.63. The molecule has 0 spiro atoms. The monoisotopic (exact) mass is 284 g/mol. The molecule has 0 saturated heterocycles. The van der Waals surface area contributed by atoms with E-state index in [0.29, 0.717) is 11.1 Å². The minimum Gasteiger partial charge on any atom is -0.508 e. The molecule has 1 aromatic heterocycles. The number of benzene rings is 2. The standard InChI is InChI=1S/C16H16N2O3/c1-2-12(11-5-3-4-6-14(11)19)17-10-7-8-15-13(9-10)18-16(20)21-15/h3-9,12,17,19H,2H2,1H3,(H,18,20). The number of hydrogen-bond acceptors (Lipinski definition) is 4. The number of fused-ring (bicyclic) bond motifs is 1. The van der Waals surface area contributed by atoms with Crippen LogP contribution in [0.25, 0.3) is 11.1 Å². The lowest BCUT2D eigenvalue weighted by Gasteiger charge is -2.19. The van der Waals surface area contributed by atoms with Gasteiger partial charge in [0.1, 0.15) is 5.75 Å². The molecule has 2 aromatic carbocycles. The Kier molecular flexibility index (Phi) is 3.39. The summed E-state index contributed by atoms with van der Waals surface area (Å²) in [7, 11) is 0. The van der Waals surface area contributed by atoms with Crippen LogP contribution in [0, 0.1) is 0 Å². The number of phenols is 1. The van der Waals surface area contributed by atoms with Gasteiger partial charge in [-0.15, -0.1) is 0 Å². The number of oxazole rings is 1. The number of para-hydroxylation sites is 1. The van der Waals surface area contributed by atoms with E-state index in [1.165, 1.54) is 0 Å². The first-order valence-corrected chi connectivity index (χ1v) is 6.84. The summed E-state index contributed by atoms with van der Waals surface area (Å²) in [5.74, 6) is -0.190. The fourth-order valence-electron chi connectivity index (χ4n) is 2.42. The van der Waals surface area contributed by atoms with Crippen LogP contribution in [0.15, 0.2) is 51.7 Å². The van der Waals surface area contributed by atoms with Gasteiger partial charge >= 0.3 is 5.76 Å². The van der Waals surface area contributed by atoms with Crippen molar-refractivity contribution in [1.29, 1.82) is 0 Å². The summed E-state index contributed by atoms with van der Waals surface area (Å²) >= 11 is 0. The van der Waals surface area contributed by atoms with Gasteiger partial charge in [0.15, 0.2) is 5.58 Å². The van der Waals surface area contributed by atoms with Crippen LogP contribution in [0.1, 0.15) is 24.9 Å². The van der Waals surface area contributed by atoms with Crippen molar-refractivity contribution in [3.8, 4) is 5.75 Å². The van der Waals surface area contributed by atoms with E-state index >= 15 is 0 Å². The summed E-state index contributed by atoms with van der Waals surface area (Å²) < 4.78 is 4.98. The maximum absolute atomic E-state index is 11.2. The molecule has 0 radical (unpaired) electrons. The third-order valence-electron chi connectivity index (χ3n) is 3.48. The number of hydrogen-bond donors (Lipinski definition) is 3. The smallest absolute Gasteiger partial charge is 0.417 e. The normalized spacial score (nSPS) is 12.4. The van der Waals surface area contributed by atoms with Gasteiger partial charge in [-0.2, -0.15) is 0 Å². The Labute approximate surface area is 121 Å². The van der Waals surface area contributed by atoms with E-state index in [-0.39, 0.29) is 11.8 Å². The van der Waals surface area contributed by atoms with Crippen LogP contribution in [0.3, 0.4) is 0 Å². The molecule has 0 fully saturated rings. The molecule has 3 N–H and O–H groups in total. The number of anilines is 1. The molecule has 21 heavy (non-hydrogen) atoms. The van der Waals surface area contributed by atoms with Crippen LogP contribution in [0.4, 0.5) is 5.69 Å². The number of phenolic OH excluding ortho intramolecular Hbond substituents is 1. The van der Waals surface area contributed by atoms with Crippen LogP contribution in [-0.2, 0) is 0 Å². The van der Waals surface area contributed by atoms with Gasteiger partial charge < -0.3 is 14.8 Å². The molecule has 0 saturated carbocycles. The first kappa shape index (κ1) is 13.3. The Bertz CT molecular complexity index is 820. The van der Waals surface area contributed by atoms with Gasteiger partial charge in [0.05, 0.1) is 11.6 Å². The van der Waals surface area contributed by atoms with Gasteiger partial charge in [-0.25, -0.2) is 4.79 Å². The summed E-state index contributed by atoms with van der Waals surface area (Å²) in [4.78, 5) is 13.8. The molecule has 0 bridgehead atoms. The van der Waals surface area contributed by atoms with Crippen LogP contribution in [-0.4, -0.2) is 10.1 Å². The zero-order valence-corrected chi connectivity index (χ0v) is 11.6. The van der Waals surface area contributed by atoms with Crippen molar-refractivity contribution in [2.75, 3.05) is 5.32 Å². The molecule has 1 unspecified atom stereocenters. The number of aromatic nitrogens is 1. The quantitative estimate of drug-likeness (QED) is 0.686. The largest absolute Gasteiger partial charge is 0.508 e. The van der Waals surface area contributed by atoms with Crippen molar-refractivity contribution in [2.24, 2.45) is 0 Å². The molecule has 0 aliphatic heterocycles. The van der Waals surface area contributed by atoms with E-state index in [0.717, 1.165) is 17.7 Å². The van der Waals surface area contributed by atoms with E-state index < -0.39 is 5.76 Å². The van der Waals surface area contributed by atoms with E-state index in [1.807, 2.05) is 31.2 Å². The Morgan fingerprint density at radius 3 is 2.86 bits per heavy atom. The van der Waals surface area contributed by atoms with E-state index in [4.69, 9.17) is 4.42 Å². The SMILES string of the molecule is CCC(Nc1ccc2oc(=O)[nH]c2c1)c1ccccc1O. The van der Waals surface area contributed by atoms with Gasteiger partial charge in [-0.3, -0.25) is 4.98 Å². The molecule has 3 rings (SSSR count). The van der Waals surface area contributed by atoms with Gasteiger partial charge in [0.2, 0.25) is 0 Å². The second kappa shape index (κ2) is 5.36. The highest BCUT2D eigenvalue weighted by Gasteiger charge is 2.13. The summed E-state index contributed by atoms with van der Waals surface area (Å²) in [6.45, 7) is 2.04. The zero-order chi connectivity index (χ0) is 14.8. The highest BCUT2D eigenvalue weighted by Crippen LogP contribution is 2.29. The summed E-state index contributed by atoms with van der Waals surface area (Å²) in [5.41, 5.74) is 2.88. The minimum absolute atomic E-state index is 0.0118. The highest BCUT2D eigenvalue weighted by atomic mass is 16.4. The van der Waals surface area contributed by atoms with Crippen LogP contribution < -0.4 is 11.1 Å². The average Bonchev–Trinajstić information content (AvgIpc) is 2.85. The summed E-state index contributed by atoms with van der Waals surface area (Å²) in [5, 5.41) is 13.3. The third-order valence-corrected chi connectivity index (χ3v) is 3.48. The van der Waals surface area contributed by atoms with Crippen molar-refractivity contribution in [3.05, 3.63) is 58.6 Å². The predicted molar refractivity (Wildman–Crippen MR) is 81.6 cm³/mol. The molecule has 3 aromatic rings. The molecule has 0 aliphatic carbocycles. The highest BCUT2D eigenvalue weighted by molar-refractivity contribution is 5.77. The summed E-state index contributed by atoms with van der Waals surface area (Å²) in [6, 6.07) is 12.7. The van der Waals surface area contributed by atoms with Crippen LogP contribution in [0.2, 0.25) is 0 Å². The molecular weight excluding hydrogens is 268 g/mol. The number of nitrogens with one attached hydrogen (secondary N) is 2. The zero-order valence-electron chi connectivity index (χ0n) is 11.6. The van der Waals surface area contributed by atoms with Crippen LogP contribution >= 0.6 is 0 Å². The molecular formula is C16H16N2O3. The molecule has 1 atom stereocenters. The predicted octanol–water partition coefficient (Wildman–Crippen LogP) is 3.39. The lowest BCUT2D eigenvalue weighted by molar-refractivity contribution is 0.463. The molecule has 5 heteroatoms. The Morgan fingerprint density at radius 1 is 1.29 bits per heavy atom. The second-order valence-electron chi connectivity index (χ2n) is 4.89. The fourth-order valence-corrected chi connectivity index (χ4v) is 2.42. The van der Waals surface area contributed by atoms with Crippen molar-refractivity contribution in [2.45, 2.75) is 19.4 Å². The lowest BCUT2D eigenvalue weighted by Crippen LogP contribution is -2.09. The Hall–Kier alpha value is -2.69. The maximum atomic E-state index is 11.2. The topological polar surface area (TPSA) is 78.3 Å². The van der Waals surface area contributed by atoms with E-state index in [1.54, 1.807) is 18.2 Å². The van der Waals surface area contributed by atoms with Gasteiger partial charge in [0, 0.05) is 11.3 Å². The molecule has 0 amide bonds. The van der Waals surface area contributed by atoms with E-state index in [9.17, 15) is 9.90 Å². The minimum atomic E-state index is -0.463. The van der Waals surface area contributed by atoms with Crippen LogP contribution in [0.5, 0.6) is 5.75 Å². The molecule has 1 heterocycles. The molecule has 0 aliphatic rings. The second-order valence-corrected chi connectivity index (χ2v) is 4.89. The molecule has 108 valence electrons. The maximum Gasteiger partial charge on any atom is 0.417 e. The van der Waals surface area contributed by atoms with Crippen molar-refractivity contribution in [1.82, 2.24) is 4.98 Å². The summed E-state index contributed by atoms with van der Waals surface area (Å²) in [6.07, 6.45) is 0.817. The first-order chi connectivity index (χ1) is 10.2. The van der Waals surface area contributed by atoms with Crippen molar-refractivity contribution >= 4 is 16.8 Å².